The molecule has 0 aliphatic rings. The Morgan fingerprint density at radius 1 is 1.47 bits per heavy atom. The minimum atomic E-state index is -3.73. The Kier molecular flexibility index (Phi) is 4.90. The topological polar surface area (TPSA) is 98.5 Å². The Hall–Kier alpha value is -1.60. The van der Waals surface area contributed by atoms with Gasteiger partial charge in [-0.2, -0.15) is 0 Å². The first kappa shape index (κ1) is 15.5. The van der Waals surface area contributed by atoms with Crippen LogP contribution in [0.15, 0.2) is 23.1 Å². The number of nitrogens with one attached hydrogen (secondary N) is 1. The molecule has 1 atom stereocenters. The van der Waals surface area contributed by atoms with E-state index in [2.05, 4.69) is 5.32 Å². The lowest BCUT2D eigenvalue weighted by molar-refractivity contribution is -0.127. The molecular formula is C12H18N2O4S. The normalized spacial score (nSPS) is 12.8. The molecule has 0 aromatic heterocycles. The molecule has 0 aliphatic carbocycles. The van der Waals surface area contributed by atoms with Crippen molar-refractivity contribution in [2.75, 3.05) is 6.54 Å². The molecule has 1 rings (SSSR count). The van der Waals surface area contributed by atoms with Crippen molar-refractivity contribution in [1.29, 1.82) is 0 Å². The van der Waals surface area contributed by atoms with Gasteiger partial charge in [0, 0.05) is 6.54 Å². The highest BCUT2D eigenvalue weighted by atomic mass is 32.2. The maximum Gasteiger partial charge on any atom is 0.260 e. The number of ether oxygens (including phenoxy) is 1. The number of carbonyl (C=O) groups is 1. The number of amides is 1. The molecule has 0 aliphatic heterocycles. The maximum atomic E-state index is 11.5. The number of nitrogens with two attached hydrogens (primary N) is 1. The van der Waals surface area contributed by atoms with Gasteiger partial charge in [0.15, 0.2) is 6.10 Å². The van der Waals surface area contributed by atoms with Crippen molar-refractivity contribution in [3.8, 4) is 5.75 Å². The van der Waals surface area contributed by atoms with Crippen LogP contribution in [0, 0.1) is 6.92 Å². The van der Waals surface area contributed by atoms with Gasteiger partial charge >= 0.3 is 0 Å². The second-order valence-corrected chi connectivity index (χ2v) is 5.69. The summed E-state index contributed by atoms with van der Waals surface area (Å²) in [6.45, 7) is 5.65. The van der Waals surface area contributed by atoms with Crippen LogP contribution in [0.3, 0.4) is 0 Å². The van der Waals surface area contributed by atoms with Crippen LogP contribution in [0.5, 0.6) is 5.75 Å². The molecule has 0 fully saturated rings. The van der Waals surface area contributed by atoms with Gasteiger partial charge in [0.25, 0.3) is 5.91 Å². The lowest BCUT2D eigenvalue weighted by Gasteiger charge is -2.16. The number of primary sulfonamides is 1. The lowest BCUT2D eigenvalue weighted by Crippen LogP contribution is -2.36. The third-order valence-corrected chi connectivity index (χ3v) is 3.41. The van der Waals surface area contributed by atoms with Gasteiger partial charge in [0.05, 0.1) is 4.90 Å². The lowest BCUT2D eigenvalue weighted by atomic mass is 10.2. The Bertz CT molecular complexity index is 569. The van der Waals surface area contributed by atoms with Gasteiger partial charge < -0.3 is 10.1 Å². The summed E-state index contributed by atoms with van der Waals surface area (Å²) in [4.78, 5) is 11.5. The van der Waals surface area contributed by atoms with Crippen LogP contribution in [0.1, 0.15) is 19.4 Å². The smallest absolute Gasteiger partial charge is 0.260 e. The van der Waals surface area contributed by atoms with E-state index in [1.54, 1.807) is 13.8 Å². The Morgan fingerprint density at radius 2 is 2.11 bits per heavy atom. The highest BCUT2D eigenvalue weighted by Crippen LogP contribution is 2.22. The minimum absolute atomic E-state index is 0.0167. The second kappa shape index (κ2) is 6.03. The number of rotatable bonds is 5. The molecule has 0 radical (unpaired) electrons. The molecule has 3 N–H and O–H groups in total. The Balaban J connectivity index is 2.89. The molecular weight excluding hydrogens is 268 g/mol. The van der Waals surface area contributed by atoms with Gasteiger partial charge in [-0.25, -0.2) is 13.6 Å². The fourth-order valence-corrected chi connectivity index (χ4v) is 2.09. The number of aryl methyl sites for hydroxylation is 1. The number of sulfonamides is 1. The van der Waals surface area contributed by atoms with Crippen LogP contribution >= 0.6 is 0 Å². The van der Waals surface area contributed by atoms with Gasteiger partial charge in [-0.3, -0.25) is 4.79 Å². The maximum absolute atomic E-state index is 11.5. The van der Waals surface area contributed by atoms with Gasteiger partial charge in [-0.15, -0.1) is 0 Å². The molecule has 0 saturated carbocycles. The first-order valence-electron chi connectivity index (χ1n) is 5.83. The fraction of sp³-hybridized carbons (Fsp3) is 0.417. The van der Waals surface area contributed by atoms with E-state index in [0.29, 0.717) is 17.9 Å². The zero-order valence-corrected chi connectivity index (χ0v) is 12.0. The molecule has 0 bridgehead atoms. The van der Waals surface area contributed by atoms with E-state index in [9.17, 15) is 13.2 Å². The fourth-order valence-electron chi connectivity index (χ4n) is 1.49. The van der Waals surface area contributed by atoms with Crippen LogP contribution in [-0.4, -0.2) is 27.0 Å². The zero-order valence-electron chi connectivity index (χ0n) is 11.1. The van der Waals surface area contributed by atoms with E-state index in [1.165, 1.54) is 18.2 Å². The largest absolute Gasteiger partial charge is 0.481 e. The van der Waals surface area contributed by atoms with Gasteiger partial charge in [-0.05, 0) is 44.5 Å². The highest BCUT2D eigenvalue weighted by Gasteiger charge is 2.16. The van der Waals surface area contributed by atoms with Crippen molar-refractivity contribution in [1.82, 2.24) is 5.32 Å². The number of benzene rings is 1. The SMILES string of the molecule is CCNC(=O)C(C)Oc1ccc(S(N)(=O)=O)cc1C. The van der Waals surface area contributed by atoms with E-state index in [0.717, 1.165) is 0 Å². The summed E-state index contributed by atoms with van der Waals surface area (Å²) in [5.41, 5.74) is 0.600. The summed E-state index contributed by atoms with van der Waals surface area (Å²) in [5.74, 6) is 0.226. The van der Waals surface area contributed by atoms with Gasteiger partial charge in [-0.1, -0.05) is 0 Å². The van der Waals surface area contributed by atoms with Gasteiger partial charge in [0.1, 0.15) is 5.75 Å². The standard InChI is InChI=1S/C12H18N2O4S/c1-4-14-12(15)9(3)18-11-6-5-10(7-8(11)2)19(13,16)17/h5-7,9H,4H2,1-3H3,(H,14,15)(H2,13,16,17). The Labute approximate surface area is 113 Å². The Morgan fingerprint density at radius 3 is 2.58 bits per heavy atom. The molecule has 19 heavy (non-hydrogen) atoms. The summed E-state index contributed by atoms with van der Waals surface area (Å²) in [7, 11) is -3.73. The first-order valence-corrected chi connectivity index (χ1v) is 7.38. The third kappa shape index (κ3) is 4.22. The van der Waals surface area contributed by atoms with Crippen LogP contribution in [-0.2, 0) is 14.8 Å². The predicted molar refractivity (Wildman–Crippen MR) is 71.3 cm³/mol. The molecule has 106 valence electrons. The molecule has 1 amide bonds. The average molecular weight is 286 g/mol. The van der Waals surface area contributed by atoms with Crippen molar-refractivity contribution in [2.45, 2.75) is 31.8 Å². The molecule has 0 saturated heterocycles. The molecule has 7 heteroatoms. The van der Waals surface area contributed by atoms with E-state index in [1.807, 2.05) is 6.92 Å². The van der Waals surface area contributed by atoms with Crippen molar-refractivity contribution in [2.24, 2.45) is 5.14 Å². The summed E-state index contributed by atoms with van der Waals surface area (Å²) in [6, 6.07) is 4.25. The minimum Gasteiger partial charge on any atom is -0.481 e. The van der Waals surface area contributed by atoms with E-state index >= 15 is 0 Å². The van der Waals surface area contributed by atoms with E-state index in [4.69, 9.17) is 9.88 Å². The van der Waals surface area contributed by atoms with Crippen LogP contribution in [0.4, 0.5) is 0 Å². The predicted octanol–water partition coefficient (Wildman–Crippen LogP) is 0.546. The number of carbonyl (C=O) groups excluding carboxylic acids is 1. The molecule has 0 heterocycles. The van der Waals surface area contributed by atoms with Gasteiger partial charge in [0.2, 0.25) is 10.0 Å². The summed E-state index contributed by atoms with van der Waals surface area (Å²) in [5, 5.41) is 7.67. The monoisotopic (exact) mass is 286 g/mol. The highest BCUT2D eigenvalue weighted by molar-refractivity contribution is 7.89. The van der Waals surface area contributed by atoms with E-state index < -0.39 is 16.1 Å². The van der Waals surface area contributed by atoms with E-state index in [-0.39, 0.29) is 10.8 Å². The number of likely N-dealkylation sites (N-methyl/N-ethyl adjacent to an activating group) is 1. The van der Waals surface area contributed by atoms with Crippen molar-refractivity contribution in [3.63, 3.8) is 0 Å². The summed E-state index contributed by atoms with van der Waals surface area (Å²) >= 11 is 0. The molecule has 1 unspecified atom stereocenters. The van der Waals surface area contributed by atoms with Crippen molar-refractivity contribution < 1.29 is 17.9 Å². The first-order chi connectivity index (χ1) is 8.75. The van der Waals surface area contributed by atoms with Crippen molar-refractivity contribution in [3.05, 3.63) is 23.8 Å². The molecule has 0 spiro atoms. The number of hydrogen-bond acceptors (Lipinski definition) is 4. The quantitative estimate of drug-likeness (QED) is 0.825. The second-order valence-electron chi connectivity index (χ2n) is 4.13. The average Bonchev–Trinajstić information content (AvgIpc) is 2.30. The summed E-state index contributed by atoms with van der Waals surface area (Å²) in [6.07, 6.45) is -0.654. The van der Waals surface area contributed by atoms with Crippen LogP contribution in [0.2, 0.25) is 0 Å². The van der Waals surface area contributed by atoms with Crippen molar-refractivity contribution >= 4 is 15.9 Å². The van der Waals surface area contributed by atoms with Crippen LogP contribution in [0.25, 0.3) is 0 Å². The molecule has 6 nitrogen and oxygen atoms in total. The zero-order chi connectivity index (χ0) is 14.6. The molecule has 1 aromatic rings. The summed E-state index contributed by atoms with van der Waals surface area (Å²) < 4.78 is 27.8. The third-order valence-electron chi connectivity index (χ3n) is 2.50. The molecule has 1 aromatic carbocycles. The van der Waals surface area contributed by atoms with Crippen LogP contribution < -0.4 is 15.2 Å². The number of hydrogen-bond donors (Lipinski definition) is 2.